The number of para-hydroxylation sites is 1. The van der Waals surface area contributed by atoms with Gasteiger partial charge in [-0.05, 0) is 30.7 Å². The molecule has 0 aliphatic rings. The van der Waals surface area contributed by atoms with Crippen molar-refractivity contribution in [2.24, 2.45) is 0 Å². The van der Waals surface area contributed by atoms with Gasteiger partial charge in [-0.15, -0.1) is 0 Å². The first-order chi connectivity index (χ1) is 12.6. The molecular formula is C19H20ClN3O3. The van der Waals surface area contributed by atoms with Crippen LogP contribution in [0.4, 0.5) is 5.69 Å². The topological polar surface area (TPSA) is 64.9 Å². The van der Waals surface area contributed by atoms with Gasteiger partial charge in [0, 0.05) is 19.4 Å². The highest BCUT2D eigenvalue weighted by Crippen LogP contribution is 2.33. The normalized spacial score (nSPS) is 10.9. The van der Waals surface area contributed by atoms with Crippen LogP contribution in [0.15, 0.2) is 47.4 Å². The third-order valence-corrected chi connectivity index (χ3v) is 4.12. The fourth-order valence-electron chi connectivity index (χ4n) is 2.56. The zero-order chi connectivity index (χ0) is 18.5. The number of nitrogens with zero attached hydrogens (tertiary/aromatic N) is 2. The summed E-state index contributed by atoms with van der Waals surface area (Å²) in [7, 11) is 1.61. The number of halogens is 1. The van der Waals surface area contributed by atoms with Crippen molar-refractivity contribution in [1.82, 2.24) is 9.38 Å². The van der Waals surface area contributed by atoms with Gasteiger partial charge in [0.05, 0.1) is 29.6 Å². The first-order valence-corrected chi connectivity index (χ1v) is 8.59. The highest BCUT2D eigenvalue weighted by Gasteiger charge is 2.09. The Morgan fingerprint density at radius 3 is 2.88 bits per heavy atom. The van der Waals surface area contributed by atoms with Crippen LogP contribution in [0.5, 0.6) is 5.75 Å². The molecule has 3 rings (SSSR count). The molecule has 2 heterocycles. The number of hydrogen-bond donors (Lipinski definition) is 1. The summed E-state index contributed by atoms with van der Waals surface area (Å²) in [6.45, 7) is 3.17. The second-order valence-electron chi connectivity index (χ2n) is 5.83. The Bertz CT molecular complexity index is 972. The molecule has 2 aromatic heterocycles. The number of pyridine rings is 1. The summed E-state index contributed by atoms with van der Waals surface area (Å²) in [4.78, 5) is 16.8. The largest absolute Gasteiger partial charge is 0.487 e. The molecular weight excluding hydrogens is 354 g/mol. The van der Waals surface area contributed by atoms with Gasteiger partial charge in [-0.1, -0.05) is 23.7 Å². The molecule has 0 aliphatic carbocycles. The highest BCUT2D eigenvalue weighted by molar-refractivity contribution is 6.32. The van der Waals surface area contributed by atoms with Crippen molar-refractivity contribution in [3.63, 3.8) is 0 Å². The maximum atomic E-state index is 12.3. The van der Waals surface area contributed by atoms with Crippen molar-refractivity contribution in [2.45, 2.75) is 13.5 Å². The molecule has 0 saturated carbocycles. The Morgan fingerprint density at radius 2 is 2.08 bits per heavy atom. The number of fused-ring (bicyclic) bond motifs is 1. The van der Waals surface area contributed by atoms with Gasteiger partial charge >= 0.3 is 0 Å². The van der Waals surface area contributed by atoms with Gasteiger partial charge in [0.15, 0.2) is 5.75 Å². The third-order valence-electron chi connectivity index (χ3n) is 3.82. The molecule has 26 heavy (non-hydrogen) atoms. The summed E-state index contributed by atoms with van der Waals surface area (Å²) in [5, 5.41) is 3.75. The summed E-state index contributed by atoms with van der Waals surface area (Å²) in [6.07, 6.45) is 1.78. The molecule has 3 aromatic rings. The Morgan fingerprint density at radius 1 is 1.23 bits per heavy atom. The summed E-state index contributed by atoms with van der Waals surface area (Å²) in [5.41, 5.74) is 2.88. The van der Waals surface area contributed by atoms with Crippen molar-refractivity contribution in [3.05, 3.63) is 69.2 Å². The van der Waals surface area contributed by atoms with Crippen LogP contribution in [0.2, 0.25) is 5.02 Å². The van der Waals surface area contributed by atoms with Gasteiger partial charge in [-0.3, -0.25) is 9.20 Å². The number of nitrogens with one attached hydrogen (secondary N) is 1. The second-order valence-corrected chi connectivity index (χ2v) is 6.24. The summed E-state index contributed by atoms with van der Waals surface area (Å²) < 4.78 is 12.2. The van der Waals surface area contributed by atoms with E-state index in [1.807, 2.05) is 31.2 Å². The fourth-order valence-corrected chi connectivity index (χ4v) is 2.79. The van der Waals surface area contributed by atoms with Crippen molar-refractivity contribution < 1.29 is 9.47 Å². The minimum Gasteiger partial charge on any atom is -0.487 e. The Balaban J connectivity index is 1.81. The van der Waals surface area contributed by atoms with E-state index in [9.17, 15) is 4.79 Å². The van der Waals surface area contributed by atoms with E-state index in [4.69, 9.17) is 21.1 Å². The third kappa shape index (κ3) is 4.15. The quantitative estimate of drug-likeness (QED) is 0.644. The van der Waals surface area contributed by atoms with E-state index < -0.39 is 0 Å². The molecule has 1 N–H and O–H groups in total. The van der Waals surface area contributed by atoms with Crippen molar-refractivity contribution in [1.29, 1.82) is 0 Å². The predicted molar refractivity (Wildman–Crippen MR) is 102 cm³/mol. The second kappa shape index (κ2) is 8.21. The Labute approximate surface area is 156 Å². The number of benzene rings is 1. The van der Waals surface area contributed by atoms with Gasteiger partial charge < -0.3 is 14.8 Å². The van der Waals surface area contributed by atoms with E-state index in [-0.39, 0.29) is 5.56 Å². The standard InChI is InChI=1S/C19H20ClN3O3/c1-13-6-7-17-22-14(10-18(24)23(17)12-13)11-21-16-5-3-4-15(20)19(16)26-9-8-25-2/h3-7,10,12,21H,8-9,11H2,1-2H3. The molecule has 7 heteroatoms. The Kier molecular flexibility index (Phi) is 5.75. The van der Waals surface area contributed by atoms with Gasteiger partial charge in [0.25, 0.3) is 5.56 Å². The SMILES string of the molecule is COCCOc1c(Cl)cccc1NCc1cc(=O)n2cc(C)ccc2n1. The fraction of sp³-hybridized carbons (Fsp3) is 0.263. The number of methoxy groups -OCH3 is 1. The van der Waals surface area contributed by atoms with Crippen LogP contribution in [-0.2, 0) is 11.3 Å². The minimum atomic E-state index is -0.113. The molecule has 0 atom stereocenters. The van der Waals surface area contributed by atoms with E-state index in [1.54, 1.807) is 19.4 Å². The summed E-state index contributed by atoms with van der Waals surface area (Å²) >= 11 is 6.23. The van der Waals surface area contributed by atoms with Crippen LogP contribution in [0.3, 0.4) is 0 Å². The zero-order valence-electron chi connectivity index (χ0n) is 14.7. The van der Waals surface area contributed by atoms with E-state index >= 15 is 0 Å². The number of aromatic nitrogens is 2. The molecule has 0 spiro atoms. The minimum absolute atomic E-state index is 0.113. The first kappa shape index (κ1) is 18.2. The van der Waals surface area contributed by atoms with Gasteiger partial charge in [-0.25, -0.2) is 4.98 Å². The number of ether oxygens (including phenoxy) is 2. The monoisotopic (exact) mass is 373 g/mol. The van der Waals surface area contributed by atoms with Gasteiger partial charge in [0.1, 0.15) is 12.3 Å². The van der Waals surface area contributed by atoms with E-state index in [1.165, 1.54) is 10.5 Å². The van der Waals surface area contributed by atoms with Crippen LogP contribution >= 0.6 is 11.6 Å². The molecule has 6 nitrogen and oxygen atoms in total. The number of aryl methyl sites for hydroxylation is 1. The summed E-state index contributed by atoms with van der Waals surface area (Å²) in [6, 6.07) is 10.7. The molecule has 1 aromatic carbocycles. The maximum absolute atomic E-state index is 12.3. The highest BCUT2D eigenvalue weighted by atomic mass is 35.5. The zero-order valence-corrected chi connectivity index (χ0v) is 15.4. The smallest absolute Gasteiger partial charge is 0.258 e. The predicted octanol–water partition coefficient (Wildman–Crippen LogP) is 3.29. The van der Waals surface area contributed by atoms with Gasteiger partial charge in [-0.2, -0.15) is 0 Å². The molecule has 0 fully saturated rings. The number of hydrogen-bond acceptors (Lipinski definition) is 5. The van der Waals surface area contributed by atoms with Crippen LogP contribution in [0.1, 0.15) is 11.3 Å². The lowest BCUT2D eigenvalue weighted by atomic mass is 10.2. The van der Waals surface area contributed by atoms with E-state index in [2.05, 4.69) is 10.3 Å². The molecule has 0 aliphatic heterocycles. The van der Waals surface area contributed by atoms with E-state index in [0.717, 1.165) is 11.3 Å². The molecule has 136 valence electrons. The molecule has 0 bridgehead atoms. The lowest BCUT2D eigenvalue weighted by Crippen LogP contribution is -2.17. The van der Waals surface area contributed by atoms with Crippen molar-refractivity contribution >= 4 is 22.9 Å². The summed E-state index contributed by atoms with van der Waals surface area (Å²) in [5.74, 6) is 0.555. The van der Waals surface area contributed by atoms with Crippen molar-refractivity contribution in [3.8, 4) is 5.75 Å². The number of anilines is 1. The first-order valence-electron chi connectivity index (χ1n) is 8.21. The average Bonchev–Trinajstić information content (AvgIpc) is 2.62. The van der Waals surface area contributed by atoms with E-state index in [0.29, 0.717) is 41.9 Å². The van der Waals surface area contributed by atoms with Crippen LogP contribution < -0.4 is 15.6 Å². The molecule has 0 saturated heterocycles. The van der Waals surface area contributed by atoms with Crippen LogP contribution in [0.25, 0.3) is 5.65 Å². The number of rotatable bonds is 7. The maximum Gasteiger partial charge on any atom is 0.258 e. The average molecular weight is 374 g/mol. The van der Waals surface area contributed by atoms with Crippen molar-refractivity contribution in [2.75, 3.05) is 25.6 Å². The lowest BCUT2D eigenvalue weighted by molar-refractivity contribution is 0.146. The lowest BCUT2D eigenvalue weighted by Gasteiger charge is -2.14. The van der Waals surface area contributed by atoms with Crippen LogP contribution in [-0.4, -0.2) is 29.7 Å². The molecule has 0 amide bonds. The Hall–Kier alpha value is -2.57. The molecule has 0 unspecified atom stereocenters. The van der Waals surface area contributed by atoms with Gasteiger partial charge in [0.2, 0.25) is 0 Å². The van der Waals surface area contributed by atoms with Crippen LogP contribution in [0, 0.1) is 6.92 Å². The molecule has 0 radical (unpaired) electrons.